The van der Waals surface area contributed by atoms with Crippen LogP contribution in [0.4, 0.5) is 0 Å². The molecule has 1 fully saturated rings. The van der Waals surface area contributed by atoms with Crippen molar-refractivity contribution in [2.24, 2.45) is 0 Å². The lowest BCUT2D eigenvalue weighted by Gasteiger charge is -2.11. The first-order valence-corrected chi connectivity index (χ1v) is 7.24. The number of aryl methyl sites for hydroxylation is 1. The van der Waals surface area contributed by atoms with E-state index in [0.717, 1.165) is 35.0 Å². The Morgan fingerprint density at radius 3 is 2.90 bits per heavy atom. The van der Waals surface area contributed by atoms with Gasteiger partial charge in [-0.25, -0.2) is 5.48 Å². The summed E-state index contributed by atoms with van der Waals surface area (Å²) in [6, 6.07) is 8.05. The lowest BCUT2D eigenvalue weighted by Crippen LogP contribution is -2.29. The van der Waals surface area contributed by atoms with E-state index in [1.165, 1.54) is 12.8 Å². The van der Waals surface area contributed by atoms with Crippen molar-refractivity contribution in [2.75, 3.05) is 0 Å². The quantitative estimate of drug-likeness (QED) is 0.841. The van der Waals surface area contributed by atoms with Gasteiger partial charge < -0.3 is 4.98 Å². The molecule has 1 aromatic carbocycles. The fraction of sp³-hybridized carbons (Fsp3) is 0.438. The minimum absolute atomic E-state index is 0.0789. The van der Waals surface area contributed by atoms with Gasteiger partial charge in [-0.05, 0) is 31.4 Å². The van der Waals surface area contributed by atoms with Crippen LogP contribution in [0.3, 0.4) is 0 Å². The Morgan fingerprint density at radius 1 is 1.35 bits per heavy atom. The van der Waals surface area contributed by atoms with Crippen LogP contribution in [0.5, 0.6) is 0 Å². The molecule has 4 heteroatoms. The topological polar surface area (TPSA) is 54.1 Å². The molecule has 0 unspecified atom stereocenters. The Kier molecular flexibility index (Phi) is 3.74. The first kappa shape index (κ1) is 13.2. The predicted octanol–water partition coefficient (Wildman–Crippen LogP) is 3.01. The van der Waals surface area contributed by atoms with Crippen molar-refractivity contribution in [1.82, 2.24) is 10.5 Å². The van der Waals surface area contributed by atoms with Gasteiger partial charge >= 0.3 is 0 Å². The highest BCUT2D eigenvalue weighted by Gasteiger charge is 2.18. The van der Waals surface area contributed by atoms with Crippen molar-refractivity contribution >= 4 is 16.8 Å². The molecule has 4 nitrogen and oxygen atoms in total. The summed E-state index contributed by atoms with van der Waals surface area (Å²) in [7, 11) is 0. The van der Waals surface area contributed by atoms with E-state index in [0.29, 0.717) is 6.42 Å². The Labute approximate surface area is 118 Å². The number of aromatic nitrogens is 1. The highest BCUT2D eigenvalue weighted by molar-refractivity contribution is 5.89. The molecule has 0 saturated heterocycles. The maximum atomic E-state index is 12.0. The molecule has 0 bridgehead atoms. The van der Waals surface area contributed by atoms with Gasteiger partial charge in [-0.3, -0.25) is 9.63 Å². The molecule has 1 saturated carbocycles. The van der Waals surface area contributed by atoms with Gasteiger partial charge in [-0.2, -0.15) is 0 Å². The summed E-state index contributed by atoms with van der Waals surface area (Å²) in [4.78, 5) is 20.8. The van der Waals surface area contributed by atoms with Crippen molar-refractivity contribution in [3.8, 4) is 0 Å². The van der Waals surface area contributed by atoms with Crippen molar-refractivity contribution in [1.29, 1.82) is 0 Å². The van der Waals surface area contributed by atoms with Crippen molar-refractivity contribution in [2.45, 2.75) is 45.1 Å². The molecular formula is C16H20N2O2. The maximum absolute atomic E-state index is 12.0. The van der Waals surface area contributed by atoms with Crippen LogP contribution >= 0.6 is 0 Å². The molecule has 2 aromatic rings. The molecule has 1 heterocycles. The zero-order valence-electron chi connectivity index (χ0n) is 11.7. The highest BCUT2D eigenvalue weighted by atomic mass is 16.7. The number of amides is 1. The third kappa shape index (κ3) is 2.70. The van der Waals surface area contributed by atoms with E-state index in [1.807, 2.05) is 31.2 Å². The molecule has 1 amide bonds. The SMILES string of the molecule is Cc1[nH]c2ccccc2c1CC(=O)NOC1CCCC1. The van der Waals surface area contributed by atoms with E-state index in [9.17, 15) is 4.79 Å². The minimum Gasteiger partial charge on any atom is -0.358 e. The van der Waals surface area contributed by atoms with E-state index < -0.39 is 0 Å². The van der Waals surface area contributed by atoms with Crippen molar-refractivity contribution in [3.05, 3.63) is 35.5 Å². The molecule has 20 heavy (non-hydrogen) atoms. The number of rotatable bonds is 4. The normalized spacial score (nSPS) is 15.8. The van der Waals surface area contributed by atoms with E-state index in [4.69, 9.17) is 4.84 Å². The Bertz CT molecular complexity index is 612. The molecule has 106 valence electrons. The fourth-order valence-electron chi connectivity index (χ4n) is 2.91. The molecule has 2 N–H and O–H groups in total. The smallest absolute Gasteiger partial charge is 0.248 e. The summed E-state index contributed by atoms with van der Waals surface area (Å²) in [5.41, 5.74) is 5.77. The fourth-order valence-corrected chi connectivity index (χ4v) is 2.91. The van der Waals surface area contributed by atoms with Crippen LogP contribution < -0.4 is 5.48 Å². The van der Waals surface area contributed by atoms with Gasteiger partial charge in [0, 0.05) is 16.6 Å². The van der Waals surface area contributed by atoms with Crippen LogP contribution in [0, 0.1) is 6.92 Å². The van der Waals surface area contributed by atoms with E-state index >= 15 is 0 Å². The molecule has 3 rings (SSSR count). The predicted molar refractivity (Wildman–Crippen MR) is 78.2 cm³/mol. The Morgan fingerprint density at radius 2 is 2.10 bits per heavy atom. The molecular weight excluding hydrogens is 252 g/mol. The second-order valence-electron chi connectivity index (χ2n) is 5.50. The number of hydrogen-bond acceptors (Lipinski definition) is 2. The van der Waals surface area contributed by atoms with E-state index in [1.54, 1.807) is 0 Å². The minimum atomic E-state index is -0.0789. The van der Waals surface area contributed by atoms with Gasteiger partial charge in [0.2, 0.25) is 5.91 Å². The van der Waals surface area contributed by atoms with Crippen LogP contribution in [0.2, 0.25) is 0 Å². The standard InChI is InChI=1S/C16H20N2O2/c1-11-14(13-8-4-5-9-15(13)17-11)10-16(19)18-20-12-6-2-3-7-12/h4-5,8-9,12,17H,2-3,6-7,10H2,1H3,(H,18,19). The number of H-pyrrole nitrogens is 1. The van der Waals surface area contributed by atoms with Crippen molar-refractivity contribution < 1.29 is 9.63 Å². The largest absolute Gasteiger partial charge is 0.358 e. The molecule has 1 aliphatic carbocycles. The number of hydrogen-bond donors (Lipinski definition) is 2. The van der Waals surface area contributed by atoms with Crippen LogP contribution in [0.25, 0.3) is 10.9 Å². The van der Waals surface area contributed by atoms with Gasteiger partial charge in [0.1, 0.15) is 0 Å². The molecule has 1 aromatic heterocycles. The van der Waals surface area contributed by atoms with Gasteiger partial charge in [0.25, 0.3) is 0 Å². The molecule has 0 spiro atoms. The summed E-state index contributed by atoms with van der Waals surface area (Å²) in [6.45, 7) is 2.00. The van der Waals surface area contributed by atoms with Gasteiger partial charge in [0.15, 0.2) is 0 Å². The zero-order chi connectivity index (χ0) is 13.9. The lowest BCUT2D eigenvalue weighted by atomic mass is 10.1. The molecule has 0 radical (unpaired) electrons. The lowest BCUT2D eigenvalue weighted by molar-refractivity contribution is -0.137. The van der Waals surface area contributed by atoms with Gasteiger partial charge in [-0.1, -0.05) is 31.0 Å². The van der Waals surface area contributed by atoms with Gasteiger partial charge in [-0.15, -0.1) is 0 Å². The maximum Gasteiger partial charge on any atom is 0.248 e. The molecule has 0 aliphatic heterocycles. The number of carbonyl (C=O) groups is 1. The zero-order valence-corrected chi connectivity index (χ0v) is 11.7. The molecule has 0 atom stereocenters. The number of benzene rings is 1. The number of para-hydroxylation sites is 1. The molecule has 1 aliphatic rings. The van der Waals surface area contributed by atoms with Crippen LogP contribution in [0.15, 0.2) is 24.3 Å². The summed E-state index contributed by atoms with van der Waals surface area (Å²) < 4.78 is 0. The monoisotopic (exact) mass is 272 g/mol. The third-order valence-corrected chi connectivity index (χ3v) is 4.01. The second kappa shape index (κ2) is 5.67. The van der Waals surface area contributed by atoms with E-state index in [-0.39, 0.29) is 12.0 Å². The summed E-state index contributed by atoms with van der Waals surface area (Å²) in [5, 5.41) is 1.11. The second-order valence-corrected chi connectivity index (χ2v) is 5.50. The first-order valence-electron chi connectivity index (χ1n) is 7.24. The van der Waals surface area contributed by atoms with Crippen LogP contribution in [0.1, 0.15) is 36.9 Å². The summed E-state index contributed by atoms with van der Waals surface area (Å²) in [5.74, 6) is -0.0789. The Hall–Kier alpha value is -1.81. The Balaban J connectivity index is 1.66. The first-order chi connectivity index (χ1) is 9.74. The van der Waals surface area contributed by atoms with E-state index in [2.05, 4.69) is 10.5 Å². The number of aromatic amines is 1. The van der Waals surface area contributed by atoms with Gasteiger partial charge in [0.05, 0.1) is 12.5 Å². The average Bonchev–Trinajstić information content (AvgIpc) is 3.06. The van der Waals surface area contributed by atoms with Crippen LogP contribution in [-0.2, 0) is 16.1 Å². The van der Waals surface area contributed by atoms with Crippen LogP contribution in [-0.4, -0.2) is 17.0 Å². The number of nitrogens with one attached hydrogen (secondary N) is 2. The summed E-state index contributed by atoms with van der Waals surface area (Å²) in [6.07, 6.45) is 5.04. The average molecular weight is 272 g/mol. The summed E-state index contributed by atoms with van der Waals surface area (Å²) >= 11 is 0. The van der Waals surface area contributed by atoms with Crippen molar-refractivity contribution in [3.63, 3.8) is 0 Å². The third-order valence-electron chi connectivity index (χ3n) is 4.01. The number of carbonyl (C=O) groups excluding carboxylic acids is 1. The number of fused-ring (bicyclic) bond motifs is 1. The number of hydroxylamine groups is 1. The highest BCUT2D eigenvalue weighted by Crippen LogP contribution is 2.23.